The summed E-state index contributed by atoms with van der Waals surface area (Å²) in [4.78, 5) is -0.283. The molecule has 1 N–H and O–H groups in total. The van der Waals surface area contributed by atoms with Crippen LogP contribution in [-0.2, 0) is 9.84 Å². The molecule has 3 rings (SSSR count). The van der Waals surface area contributed by atoms with Crippen LogP contribution in [-0.4, -0.2) is 18.6 Å². The number of hydrogen-bond donors (Lipinski definition) is 1. The molecule has 0 bridgehead atoms. The molecular weight excluding hydrogens is 358 g/mol. The van der Waals surface area contributed by atoms with Gasteiger partial charge < -0.3 is 0 Å². The Morgan fingerprint density at radius 3 is 2.44 bits per heavy atom. The molecule has 25 heavy (non-hydrogen) atoms. The molecular formula is C18H12ClN3O2S. The van der Waals surface area contributed by atoms with Crippen molar-refractivity contribution in [3.63, 3.8) is 0 Å². The molecule has 0 radical (unpaired) electrons. The van der Waals surface area contributed by atoms with Gasteiger partial charge in [0.2, 0.25) is 9.84 Å². The zero-order valence-electron chi connectivity index (χ0n) is 12.8. The maximum Gasteiger partial charge on any atom is 0.216 e. The van der Waals surface area contributed by atoms with E-state index in [4.69, 9.17) is 11.6 Å². The first-order valence-electron chi connectivity index (χ1n) is 7.23. The Hall–Kier alpha value is -2.88. The van der Waals surface area contributed by atoms with E-state index in [1.807, 2.05) is 0 Å². The van der Waals surface area contributed by atoms with E-state index in [0.717, 1.165) is 5.56 Å². The highest BCUT2D eigenvalue weighted by molar-refractivity contribution is 7.95. The first kappa shape index (κ1) is 17.0. The molecule has 0 saturated heterocycles. The molecule has 0 saturated carbocycles. The van der Waals surface area contributed by atoms with Gasteiger partial charge in [-0.3, -0.25) is 5.10 Å². The quantitative estimate of drug-likeness (QED) is 0.702. The van der Waals surface area contributed by atoms with Gasteiger partial charge in [-0.2, -0.15) is 10.4 Å². The van der Waals surface area contributed by atoms with Gasteiger partial charge in [0.25, 0.3) is 0 Å². The SMILES string of the molecule is N#CC(=Cc1cn[nH]c1-c1ccc(Cl)cc1)S(=O)(=O)c1ccccc1. The van der Waals surface area contributed by atoms with Gasteiger partial charge in [-0.15, -0.1) is 0 Å². The number of nitrogens with zero attached hydrogens (tertiary/aromatic N) is 2. The summed E-state index contributed by atoms with van der Waals surface area (Å²) in [7, 11) is -3.90. The van der Waals surface area contributed by atoms with Crippen LogP contribution in [0.4, 0.5) is 0 Å². The maximum absolute atomic E-state index is 12.6. The van der Waals surface area contributed by atoms with Crippen molar-refractivity contribution >= 4 is 27.5 Å². The van der Waals surface area contributed by atoms with Gasteiger partial charge >= 0.3 is 0 Å². The Bertz CT molecular complexity index is 1060. The number of allylic oxidation sites excluding steroid dienone is 1. The number of benzene rings is 2. The molecule has 3 aromatic rings. The highest BCUT2D eigenvalue weighted by atomic mass is 35.5. The third kappa shape index (κ3) is 3.48. The predicted molar refractivity (Wildman–Crippen MR) is 96.3 cm³/mol. The van der Waals surface area contributed by atoms with Crippen LogP contribution < -0.4 is 0 Å². The normalized spacial score (nSPS) is 11.9. The fraction of sp³-hybridized carbons (Fsp3) is 0. The van der Waals surface area contributed by atoms with Crippen molar-refractivity contribution in [2.24, 2.45) is 0 Å². The summed E-state index contributed by atoms with van der Waals surface area (Å²) in [5.74, 6) is 0. The average Bonchev–Trinajstić information content (AvgIpc) is 3.09. The summed E-state index contributed by atoms with van der Waals surface area (Å²) in [6.45, 7) is 0. The molecule has 1 aromatic heterocycles. The third-order valence-corrected chi connectivity index (χ3v) is 5.47. The highest BCUT2D eigenvalue weighted by Gasteiger charge is 2.21. The number of sulfone groups is 1. The number of aromatic nitrogens is 2. The van der Waals surface area contributed by atoms with E-state index in [1.54, 1.807) is 48.5 Å². The summed E-state index contributed by atoms with van der Waals surface area (Å²) >= 11 is 5.89. The van der Waals surface area contributed by atoms with Crippen LogP contribution in [0, 0.1) is 11.3 Å². The third-order valence-electron chi connectivity index (χ3n) is 3.54. The molecule has 2 aromatic carbocycles. The van der Waals surface area contributed by atoms with Crippen LogP contribution >= 0.6 is 11.6 Å². The summed E-state index contributed by atoms with van der Waals surface area (Å²) < 4.78 is 25.3. The summed E-state index contributed by atoms with van der Waals surface area (Å²) in [5.41, 5.74) is 1.88. The van der Waals surface area contributed by atoms with E-state index in [1.165, 1.54) is 24.4 Å². The largest absolute Gasteiger partial charge is 0.277 e. The molecule has 0 unspecified atom stereocenters. The zero-order chi connectivity index (χ0) is 17.9. The van der Waals surface area contributed by atoms with E-state index in [0.29, 0.717) is 16.3 Å². The smallest absolute Gasteiger partial charge is 0.216 e. The second-order valence-corrected chi connectivity index (χ2v) is 7.50. The number of aromatic amines is 1. The van der Waals surface area contributed by atoms with Crippen LogP contribution in [0.5, 0.6) is 0 Å². The number of hydrogen-bond acceptors (Lipinski definition) is 4. The van der Waals surface area contributed by atoms with Crippen molar-refractivity contribution in [2.45, 2.75) is 4.90 Å². The Kier molecular flexibility index (Phi) is 4.70. The minimum absolute atomic E-state index is 0.0688. The van der Waals surface area contributed by atoms with Crippen molar-refractivity contribution < 1.29 is 8.42 Å². The first-order valence-corrected chi connectivity index (χ1v) is 9.10. The lowest BCUT2D eigenvalue weighted by Gasteiger charge is -2.04. The van der Waals surface area contributed by atoms with Gasteiger partial charge in [0.15, 0.2) is 0 Å². The Labute approximate surface area is 150 Å². The Balaban J connectivity index is 2.07. The van der Waals surface area contributed by atoms with E-state index in [9.17, 15) is 13.7 Å². The average molecular weight is 370 g/mol. The minimum Gasteiger partial charge on any atom is -0.277 e. The van der Waals surface area contributed by atoms with Crippen molar-refractivity contribution in [3.05, 3.63) is 76.3 Å². The molecule has 124 valence electrons. The first-order chi connectivity index (χ1) is 12.0. The summed E-state index contributed by atoms with van der Waals surface area (Å²) in [6.07, 6.45) is 2.79. The standard InChI is InChI=1S/C18H12ClN3O2S/c19-15-8-6-13(7-9-15)18-14(12-21-22-18)10-17(11-20)25(23,24)16-4-2-1-3-5-16/h1-10,12H,(H,21,22). The lowest BCUT2D eigenvalue weighted by atomic mass is 10.1. The Morgan fingerprint density at radius 1 is 1.12 bits per heavy atom. The highest BCUT2D eigenvalue weighted by Crippen LogP contribution is 2.27. The number of nitriles is 1. The van der Waals surface area contributed by atoms with Gasteiger partial charge in [-0.05, 0) is 30.3 Å². The van der Waals surface area contributed by atoms with Crippen LogP contribution in [0.3, 0.4) is 0 Å². The molecule has 0 aliphatic rings. The van der Waals surface area contributed by atoms with Crippen LogP contribution in [0.15, 0.2) is 70.6 Å². The lowest BCUT2D eigenvalue weighted by molar-refractivity contribution is 0.603. The second kappa shape index (κ2) is 6.93. The van der Waals surface area contributed by atoms with E-state index in [-0.39, 0.29) is 9.80 Å². The molecule has 0 amide bonds. The second-order valence-electron chi connectivity index (χ2n) is 5.14. The molecule has 0 spiro atoms. The fourth-order valence-corrected chi connectivity index (χ4v) is 3.59. The Morgan fingerprint density at radius 2 is 1.80 bits per heavy atom. The summed E-state index contributed by atoms with van der Waals surface area (Å²) in [5, 5.41) is 16.7. The van der Waals surface area contributed by atoms with Gasteiger partial charge in [0.05, 0.1) is 16.8 Å². The van der Waals surface area contributed by atoms with Crippen molar-refractivity contribution in [1.82, 2.24) is 10.2 Å². The van der Waals surface area contributed by atoms with Crippen LogP contribution in [0.25, 0.3) is 17.3 Å². The molecule has 0 aliphatic heterocycles. The monoisotopic (exact) mass is 369 g/mol. The van der Waals surface area contributed by atoms with Gasteiger partial charge in [0.1, 0.15) is 11.0 Å². The van der Waals surface area contributed by atoms with E-state index in [2.05, 4.69) is 10.2 Å². The topological polar surface area (TPSA) is 86.6 Å². The van der Waals surface area contributed by atoms with Crippen molar-refractivity contribution in [3.8, 4) is 17.3 Å². The van der Waals surface area contributed by atoms with E-state index >= 15 is 0 Å². The molecule has 5 nitrogen and oxygen atoms in total. The van der Waals surface area contributed by atoms with Crippen molar-refractivity contribution in [2.75, 3.05) is 0 Å². The van der Waals surface area contributed by atoms with Crippen LogP contribution in [0.1, 0.15) is 5.56 Å². The number of halogens is 1. The van der Waals surface area contributed by atoms with Gasteiger partial charge in [-0.25, -0.2) is 8.42 Å². The fourth-order valence-electron chi connectivity index (χ4n) is 2.29. The molecule has 7 heteroatoms. The van der Waals surface area contributed by atoms with Gasteiger partial charge in [0, 0.05) is 16.1 Å². The van der Waals surface area contributed by atoms with Gasteiger partial charge in [-0.1, -0.05) is 41.9 Å². The number of nitrogens with one attached hydrogen (secondary N) is 1. The molecule has 0 fully saturated rings. The number of rotatable bonds is 4. The van der Waals surface area contributed by atoms with Crippen LogP contribution in [0.2, 0.25) is 5.02 Å². The zero-order valence-corrected chi connectivity index (χ0v) is 14.4. The maximum atomic E-state index is 12.6. The van der Waals surface area contributed by atoms with E-state index < -0.39 is 9.84 Å². The molecule has 0 atom stereocenters. The summed E-state index contributed by atoms with van der Waals surface area (Å²) in [6, 6.07) is 16.6. The van der Waals surface area contributed by atoms with Crippen molar-refractivity contribution in [1.29, 1.82) is 5.26 Å². The molecule has 1 heterocycles. The molecule has 0 aliphatic carbocycles. The number of H-pyrrole nitrogens is 1. The lowest BCUT2D eigenvalue weighted by Crippen LogP contribution is -2.03. The minimum atomic E-state index is -3.90. The predicted octanol–water partition coefficient (Wildman–Crippen LogP) is 4.07.